The lowest BCUT2D eigenvalue weighted by Crippen LogP contribution is -2.23. The predicted molar refractivity (Wildman–Crippen MR) is 72.2 cm³/mol. The van der Waals surface area contributed by atoms with Crippen molar-refractivity contribution < 1.29 is 10.0 Å². The molecular weight excluding hydrogens is 230 g/mol. The Morgan fingerprint density at radius 3 is 1.78 bits per heavy atom. The molecule has 1 rings (SSSR count). The zero-order valence-corrected chi connectivity index (χ0v) is 11.9. The van der Waals surface area contributed by atoms with E-state index in [1.807, 2.05) is 41.5 Å². The second-order valence-electron chi connectivity index (χ2n) is 6.61. The summed E-state index contributed by atoms with van der Waals surface area (Å²) >= 11 is 0. The Kier molecular flexibility index (Phi) is 3.43. The van der Waals surface area contributed by atoms with Crippen molar-refractivity contribution in [3.05, 3.63) is 33.4 Å². The van der Waals surface area contributed by atoms with Crippen LogP contribution in [0.2, 0.25) is 0 Å². The van der Waals surface area contributed by atoms with Crippen molar-refractivity contribution in [3.8, 4) is 5.75 Å². The van der Waals surface area contributed by atoms with Crippen LogP contribution in [0.4, 0.5) is 5.69 Å². The lowest BCUT2D eigenvalue weighted by atomic mass is 9.74. The summed E-state index contributed by atoms with van der Waals surface area (Å²) < 4.78 is 0. The number of phenolic OH excluding ortho intramolecular Hbond substituents is 1. The van der Waals surface area contributed by atoms with Gasteiger partial charge in [-0.3, -0.25) is 10.1 Å². The van der Waals surface area contributed by atoms with Crippen LogP contribution in [0.5, 0.6) is 5.75 Å². The van der Waals surface area contributed by atoms with Crippen molar-refractivity contribution in [2.24, 2.45) is 0 Å². The van der Waals surface area contributed by atoms with E-state index in [0.29, 0.717) is 11.1 Å². The second kappa shape index (κ2) is 4.26. The first kappa shape index (κ1) is 14.5. The molecule has 100 valence electrons. The van der Waals surface area contributed by atoms with Gasteiger partial charge >= 0.3 is 0 Å². The van der Waals surface area contributed by atoms with Crippen LogP contribution in [-0.4, -0.2) is 10.0 Å². The van der Waals surface area contributed by atoms with Crippen LogP contribution in [-0.2, 0) is 10.8 Å². The molecule has 4 heteroatoms. The van der Waals surface area contributed by atoms with E-state index < -0.39 is 5.41 Å². The smallest absolute Gasteiger partial charge is 0.273 e. The third kappa shape index (κ3) is 2.63. The van der Waals surface area contributed by atoms with Crippen LogP contribution in [0.15, 0.2) is 12.1 Å². The van der Waals surface area contributed by atoms with E-state index in [0.717, 1.165) is 0 Å². The first-order valence-electron chi connectivity index (χ1n) is 5.97. The summed E-state index contributed by atoms with van der Waals surface area (Å²) in [7, 11) is 0. The topological polar surface area (TPSA) is 63.4 Å². The van der Waals surface area contributed by atoms with Crippen LogP contribution < -0.4 is 0 Å². The second-order valence-corrected chi connectivity index (χ2v) is 6.61. The molecule has 0 aliphatic heterocycles. The molecule has 4 nitrogen and oxygen atoms in total. The number of nitro groups is 1. The maximum Gasteiger partial charge on any atom is 0.273 e. The van der Waals surface area contributed by atoms with Crippen LogP contribution in [0.3, 0.4) is 0 Å². The molecule has 0 radical (unpaired) electrons. The fourth-order valence-corrected chi connectivity index (χ4v) is 2.25. The van der Waals surface area contributed by atoms with Gasteiger partial charge in [0.1, 0.15) is 5.75 Å². The van der Waals surface area contributed by atoms with Crippen molar-refractivity contribution in [1.29, 1.82) is 0 Å². The monoisotopic (exact) mass is 251 g/mol. The Morgan fingerprint density at radius 2 is 1.44 bits per heavy atom. The van der Waals surface area contributed by atoms with Crippen LogP contribution in [0.25, 0.3) is 0 Å². The lowest BCUT2D eigenvalue weighted by molar-refractivity contribution is -0.386. The quantitative estimate of drug-likeness (QED) is 0.608. The maximum atomic E-state index is 11.2. The largest absolute Gasteiger partial charge is 0.508 e. The van der Waals surface area contributed by atoms with Gasteiger partial charge in [-0.25, -0.2) is 0 Å². The van der Waals surface area contributed by atoms with Gasteiger partial charge in [-0.2, -0.15) is 0 Å². The van der Waals surface area contributed by atoms with Crippen molar-refractivity contribution in [2.45, 2.75) is 52.4 Å². The third-order valence-electron chi connectivity index (χ3n) is 2.86. The van der Waals surface area contributed by atoms with Gasteiger partial charge in [0.2, 0.25) is 0 Å². The summed E-state index contributed by atoms with van der Waals surface area (Å²) in [6.45, 7) is 11.6. The van der Waals surface area contributed by atoms with Gasteiger partial charge in [0.05, 0.1) is 4.92 Å². The first-order valence-corrected chi connectivity index (χ1v) is 5.97. The number of nitrogens with zero attached hydrogens (tertiary/aromatic N) is 1. The van der Waals surface area contributed by atoms with E-state index in [9.17, 15) is 15.2 Å². The number of rotatable bonds is 1. The van der Waals surface area contributed by atoms with E-state index >= 15 is 0 Å². The molecule has 0 bridgehead atoms. The van der Waals surface area contributed by atoms with E-state index in [4.69, 9.17) is 0 Å². The minimum absolute atomic E-state index is 0.0743. The highest BCUT2D eigenvalue weighted by molar-refractivity contribution is 5.57. The number of hydrogen-bond donors (Lipinski definition) is 1. The Morgan fingerprint density at radius 1 is 1.00 bits per heavy atom. The zero-order chi connectivity index (χ0) is 14.3. The Balaban J connectivity index is 3.79. The molecule has 0 aliphatic carbocycles. The van der Waals surface area contributed by atoms with E-state index in [1.165, 1.54) is 12.1 Å². The van der Waals surface area contributed by atoms with Gasteiger partial charge in [-0.15, -0.1) is 0 Å². The third-order valence-corrected chi connectivity index (χ3v) is 2.86. The highest BCUT2D eigenvalue weighted by Crippen LogP contribution is 2.43. The number of phenols is 1. The van der Waals surface area contributed by atoms with Gasteiger partial charge < -0.3 is 5.11 Å². The summed E-state index contributed by atoms with van der Waals surface area (Å²) in [5, 5.41) is 21.3. The molecule has 0 fully saturated rings. The average Bonchev–Trinajstić information content (AvgIpc) is 2.13. The number of aromatic hydroxyl groups is 1. The highest BCUT2D eigenvalue weighted by atomic mass is 16.6. The van der Waals surface area contributed by atoms with Gasteiger partial charge in [0.15, 0.2) is 0 Å². The molecule has 0 amide bonds. The SMILES string of the molecule is CC(C)(C)c1c(O)ccc([N+](=O)[O-])c1C(C)(C)C. The Hall–Kier alpha value is -1.58. The predicted octanol–water partition coefficient (Wildman–Crippen LogP) is 3.90. The van der Waals surface area contributed by atoms with Crippen LogP contribution in [0, 0.1) is 10.1 Å². The summed E-state index contributed by atoms with van der Waals surface area (Å²) in [5.74, 6) is 0.123. The number of nitro benzene ring substituents is 1. The fourth-order valence-electron chi connectivity index (χ4n) is 2.25. The molecule has 0 atom stereocenters. The molecule has 0 unspecified atom stereocenters. The van der Waals surface area contributed by atoms with Crippen LogP contribution >= 0.6 is 0 Å². The van der Waals surface area contributed by atoms with Gasteiger partial charge in [0.25, 0.3) is 5.69 Å². The maximum absolute atomic E-state index is 11.2. The zero-order valence-electron chi connectivity index (χ0n) is 11.9. The molecule has 1 N–H and O–H groups in total. The normalized spacial score (nSPS) is 12.6. The molecule has 0 aromatic heterocycles. The number of hydrogen-bond acceptors (Lipinski definition) is 3. The summed E-state index contributed by atoms with van der Waals surface area (Å²) in [6.07, 6.45) is 0. The Labute approximate surface area is 108 Å². The highest BCUT2D eigenvalue weighted by Gasteiger charge is 2.34. The van der Waals surface area contributed by atoms with Crippen molar-refractivity contribution >= 4 is 5.69 Å². The molecule has 1 aromatic rings. The number of benzene rings is 1. The Bertz CT molecular complexity index is 479. The molecular formula is C14H21NO3. The molecule has 0 aliphatic rings. The van der Waals surface area contributed by atoms with Gasteiger partial charge in [-0.05, 0) is 16.9 Å². The molecule has 0 spiro atoms. The molecule has 0 heterocycles. The van der Waals surface area contributed by atoms with E-state index in [2.05, 4.69) is 0 Å². The van der Waals surface area contributed by atoms with E-state index in [-0.39, 0.29) is 21.8 Å². The van der Waals surface area contributed by atoms with Crippen molar-refractivity contribution in [1.82, 2.24) is 0 Å². The lowest BCUT2D eigenvalue weighted by Gasteiger charge is -2.30. The summed E-state index contributed by atoms with van der Waals surface area (Å²) in [5.41, 5.74) is 0.595. The minimum Gasteiger partial charge on any atom is -0.508 e. The van der Waals surface area contributed by atoms with Gasteiger partial charge in [0, 0.05) is 17.2 Å². The standard InChI is InChI=1S/C14H21NO3/c1-13(2,3)11-9(15(17)18)7-8-10(16)12(11)14(4,5)6/h7-8,16H,1-6H3. The minimum atomic E-state index is -0.399. The molecule has 18 heavy (non-hydrogen) atoms. The fraction of sp³-hybridized carbons (Fsp3) is 0.571. The molecule has 1 aromatic carbocycles. The van der Waals surface area contributed by atoms with Gasteiger partial charge in [-0.1, -0.05) is 41.5 Å². The molecule has 0 saturated carbocycles. The average molecular weight is 251 g/mol. The molecule has 0 saturated heterocycles. The summed E-state index contributed by atoms with van der Waals surface area (Å²) in [4.78, 5) is 10.8. The van der Waals surface area contributed by atoms with Crippen LogP contribution in [0.1, 0.15) is 52.7 Å². The summed E-state index contributed by atoms with van der Waals surface area (Å²) in [6, 6.07) is 2.79. The van der Waals surface area contributed by atoms with Crippen molar-refractivity contribution in [2.75, 3.05) is 0 Å². The van der Waals surface area contributed by atoms with E-state index in [1.54, 1.807) is 0 Å². The van der Waals surface area contributed by atoms with Crippen molar-refractivity contribution in [3.63, 3.8) is 0 Å². The first-order chi connectivity index (χ1) is 7.96.